The van der Waals surface area contributed by atoms with E-state index in [1.165, 1.54) is 0 Å². The quantitative estimate of drug-likeness (QED) is 0.452. The van der Waals surface area contributed by atoms with Gasteiger partial charge in [-0.05, 0) is 0 Å². The fourth-order valence-corrected chi connectivity index (χ4v) is 0. The van der Waals surface area contributed by atoms with Gasteiger partial charge >= 0.3 is 0 Å². The van der Waals surface area contributed by atoms with Crippen molar-refractivity contribution >= 4 is 23.5 Å². The first kappa shape index (κ1) is 39.8. The summed E-state index contributed by atoms with van der Waals surface area (Å²) in [5.74, 6) is 0. The molecule has 0 aromatic heterocycles. The van der Waals surface area contributed by atoms with Crippen molar-refractivity contribution in [2.24, 2.45) is 0 Å². The molecule has 6 heavy (non-hydrogen) atoms. The van der Waals surface area contributed by atoms with E-state index in [9.17, 15) is 0 Å². The van der Waals surface area contributed by atoms with E-state index in [2.05, 4.69) is 0 Å². The summed E-state index contributed by atoms with van der Waals surface area (Å²) in [5.41, 5.74) is 0. The van der Waals surface area contributed by atoms with Crippen LogP contribution in [-0.4, -0.2) is 11.6 Å². The zero-order valence-corrected chi connectivity index (χ0v) is 4.97. The smallest absolute Gasteiger partial charge is 0.290 e. The van der Waals surface area contributed by atoms with Crippen LogP contribution in [0.2, 0.25) is 0 Å². The molecule has 42 valence electrons. The summed E-state index contributed by atoms with van der Waals surface area (Å²) >= 11 is 0. The van der Waals surface area contributed by atoms with Gasteiger partial charge in [0.05, 0.1) is 0 Å². The number of hydrogen-bond acceptors (Lipinski definition) is 3. The van der Waals surface area contributed by atoms with Gasteiger partial charge in [0.2, 0.25) is 0 Å². The molecular formula is CH9BrN2O2. The SMILES string of the molecule is Br.N.N.O=CO. The van der Waals surface area contributed by atoms with Gasteiger partial charge in [0.1, 0.15) is 0 Å². The van der Waals surface area contributed by atoms with Gasteiger partial charge in [-0.1, -0.05) is 0 Å². The van der Waals surface area contributed by atoms with E-state index in [1.807, 2.05) is 0 Å². The third-order valence-electron chi connectivity index (χ3n) is 0. The van der Waals surface area contributed by atoms with Gasteiger partial charge in [0.25, 0.3) is 6.47 Å². The first-order chi connectivity index (χ1) is 1.41. The first-order valence-electron chi connectivity index (χ1n) is 0.494. The molecular weight excluding hydrogens is 152 g/mol. The first-order valence-corrected chi connectivity index (χ1v) is 0.494. The molecule has 0 atom stereocenters. The van der Waals surface area contributed by atoms with Crippen LogP contribution in [0.25, 0.3) is 0 Å². The van der Waals surface area contributed by atoms with E-state index in [4.69, 9.17) is 9.90 Å². The molecule has 0 aliphatic heterocycles. The average Bonchev–Trinajstić information content (AvgIpc) is 0.918. The predicted molar refractivity (Wildman–Crippen MR) is 29.1 cm³/mol. The van der Waals surface area contributed by atoms with Crippen LogP contribution < -0.4 is 12.3 Å². The Morgan fingerprint density at radius 2 is 1.33 bits per heavy atom. The predicted octanol–water partition coefficient (Wildman–Crippen LogP) is 0.603. The number of carbonyl (C=O) groups is 1. The molecule has 0 rings (SSSR count). The molecule has 0 radical (unpaired) electrons. The number of carboxylic acid groups (broad SMARTS) is 1. The van der Waals surface area contributed by atoms with E-state index in [0.717, 1.165) is 0 Å². The topological polar surface area (TPSA) is 107 Å². The van der Waals surface area contributed by atoms with Gasteiger partial charge < -0.3 is 17.4 Å². The van der Waals surface area contributed by atoms with E-state index in [-0.39, 0.29) is 35.8 Å². The van der Waals surface area contributed by atoms with Crippen LogP contribution >= 0.6 is 17.0 Å². The van der Waals surface area contributed by atoms with Crippen molar-refractivity contribution in [1.29, 1.82) is 0 Å². The van der Waals surface area contributed by atoms with Crippen LogP contribution in [0.1, 0.15) is 0 Å². The molecule has 4 nitrogen and oxygen atoms in total. The van der Waals surface area contributed by atoms with Crippen LogP contribution in [0.3, 0.4) is 0 Å². The summed E-state index contributed by atoms with van der Waals surface area (Å²) in [5, 5.41) is 6.89. The van der Waals surface area contributed by atoms with Crippen molar-refractivity contribution in [3.8, 4) is 0 Å². The van der Waals surface area contributed by atoms with Gasteiger partial charge in [0, 0.05) is 0 Å². The molecule has 0 saturated carbocycles. The highest BCUT2D eigenvalue weighted by Gasteiger charge is 1.22. The molecule has 0 heterocycles. The van der Waals surface area contributed by atoms with Crippen molar-refractivity contribution in [1.82, 2.24) is 12.3 Å². The van der Waals surface area contributed by atoms with Gasteiger partial charge in [-0.15, -0.1) is 17.0 Å². The maximum absolute atomic E-state index is 8.36. The maximum atomic E-state index is 8.36. The Balaban J connectivity index is -0.00000000667. The van der Waals surface area contributed by atoms with Gasteiger partial charge in [-0.25, -0.2) is 0 Å². The Labute approximate surface area is 46.5 Å². The highest BCUT2D eigenvalue weighted by molar-refractivity contribution is 8.93. The van der Waals surface area contributed by atoms with Crippen LogP contribution in [-0.2, 0) is 4.79 Å². The fraction of sp³-hybridized carbons (Fsp3) is 0. The molecule has 7 N–H and O–H groups in total. The number of halogens is 1. The number of rotatable bonds is 0. The van der Waals surface area contributed by atoms with Crippen LogP contribution in [0.4, 0.5) is 0 Å². The lowest BCUT2D eigenvalue weighted by Crippen LogP contribution is -1.49. The molecule has 0 amide bonds. The Kier molecular flexibility index (Phi) is 639. The van der Waals surface area contributed by atoms with E-state index >= 15 is 0 Å². The minimum atomic E-state index is -0.250. The summed E-state index contributed by atoms with van der Waals surface area (Å²) in [7, 11) is 0. The Morgan fingerprint density at radius 1 is 1.33 bits per heavy atom. The molecule has 0 spiro atoms. The Hall–Kier alpha value is -0.130. The summed E-state index contributed by atoms with van der Waals surface area (Å²) in [6.07, 6.45) is 0. The lowest BCUT2D eigenvalue weighted by Gasteiger charge is -1.34. The highest BCUT2D eigenvalue weighted by Crippen LogP contribution is 0.966. The standard InChI is InChI=1S/CH2O2.BrH.2H3N/c2-1-3;;;/h1H,(H,2,3);1H;2*1H3. The van der Waals surface area contributed by atoms with Crippen molar-refractivity contribution in [3.63, 3.8) is 0 Å². The third kappa shape index (κ3) is 1890. The Bertz CT molecular complexity index is 19.0. The summed E-state index contributed by atoms with van der Waals surface area (Å²) < 4.78 is 0. The molecule has 0 unspecified atom stereocenters. The fourth-order valence-electron chi connectivity index (χ4n) is 0. The van der Waals surface area contributed by atoms with E-state index in [1.54, 1.807) is 0 Å². The largest absolute Gasteiger partial charge is 0.483 e. The van der Waals surface area contributed by atoms with Crippen molar-refractivity contribution < 1.29 is 9.90 Å². The molecule has 0 aromatic carbocycles. The lowest BCUT2D eigenvalue weighted by molar-refractivity contribution is -0.122. The highest BCUT2D eigenvalue weighted by atomic mass is 79.9. The van der Waals surface area contributed by atoms with Gasteiger partial charge in [0.15, 0.2) is 0 Å². The summed E-state index contributed by atoms with van der Waals surface area (Å²) in [6, 6.07) is 0. The maximum Gasteiger partial charge on any atom is 0.290 e. The second kappa shape index (κ2) is 96.4. The minimum Gasteiger partial charge on any atom is -0.483 e. The minimum absolute atomic E-state index is 0. The lowest BCUT2D eigenvalue weighted by atomic mass is 11.7. The van der Waals surface area contributed by atoms with Crippen molar-refractivity contribution in [2.75, 3.05) is 0 Å². The van der Waals surface area contributed by atoms with E-state index in [0.29, 0.717) is 0 Å². The van der Waals surface area contributed by atoms with Gasteiger partial charge in [-0.3, -0.25) is 4.79 Å². The molecule has 0 bridgehead atoms. The van der Waals surface area contributed by atoms with Crippen LogP contribution in [0.15, 0.2) is 0 Å². The van der Waals surface area contributed by atoms with Crippen LogP contribution in [0, 0.1) is 0 Å². The second-order valence-corrected chi connectivity index (χ2v) is 0.105. The summed E-state index contributed by atoms with van der Waals surface area (Å²) in [4.78, 5) is 8.36. The zero-order valence-electron chi connectivity index (χ0n) is 3.26. The average molecular weight is 161 g/mol. The molecule has 0 aromatic rings. The van der Waals surface area contributed by atoms with Crippen LogP contribution in [0.5, 0.6) is 0 Å². The third-order valence-corrected chi connectivity index (χ3v) is 0. The molecule has 0 fully saturated rings. The zero-order chi connectivity index (χ0) is 2.71. The molecule has 0 aliphatic rings. The second-order valence-electron chi connectivity index (χ2n) is 0.105. The normalized spacial score (nSPS) is 2.00. The Morgan fingerprint density at radius 3 is 1.33 bits per heavy atom. The van der Waals surface area contributed by atoms with E-state index < -0.39 is 0 Å². The summed E-state index contributed by atoms with van der Waals surface area (Å²) in [6.45, 7) is -0.250. The molecule has 5 heteroatoms. The molecule has 0 saturated heterocycles. The number of hydrogen-bond donors (Lipinski definition) is 3. The monoisotopic (exact) mass is 160 g/mol. The van der Waals surface area contributed by atoms with Crippen molar-refractivity contribution in [2.45, 2.75) is 0 Å². The van der Waals surface area contributed by atoms with Crippen molar-refractivity contribution in [3.05, 3.63) is 0 Å². The van der Waals surface area contributed by atoms with Gasteiger partial charge in [-0.2, -0.15) is 0 Å². The molecule has 0 aliphatic carbocycles.